The Bertz CT molecular complexity index is 1280. The maximum absolute atomic E-state index is 13.0. The molecule has 2 N–H and O–H groups in total. The van der Waals surface area contributed by atoms with Crippen LogP contribution in [-0.4, -0.2) is 32.3 Å². The molecule has 3 rings (SSSR count). The van der Waals surface area contributed by atoms with Crippen molar-refractivity contribution in [2.75, 3.05) is 11.1 Å². The average Bonchev–Trinajstić information content (AvgIpc) is 3.24. The summed E-state index contributed by atoms with van der Waals surface area (Å²) >= 11 is 11.0. The molecule has 0 saturated heterocycles. The van der Waals surface area contributed by atoms with Crippen LogP contribution in [0.25, 0.3) is 0 Å². The van der Waals surface area contributed by atoms with Gasteiger partial charge in [0.2, 0.25) is 5.91 Å². The molecule has 0 radical (unpaired) electrons. The van der Waals surface area contributed by atoms with Gasteiger partial charge < -0.3 is 15.2 Å². The Hall–Kier alpha value is -2.62. The molecule has 0 saturated carbocycles. The SMILES string of the molecule is C=CCn1c(SCC(=O)Nc2ccc(Br)cc2C(C)C)nnc1[C@H](NC(=O)c1ccccc1Cl)C(C)C. The molecule has 0 aliphatic heterocycles. The minimum atomic E-state index is -0.421. The van der Waals surface area contributed by atoms with E-state index in [4.69, 9.17) is 11.6 Å². The summed E-state index contributed by atoms with van der Waals surface area (Å²) in [6, 6.07) is 12.3. The van der Waals surface area contributed by atoms with Crippen molar-refractivity contribution >= 4 is 56.8 Å². The lowest BCUT2D eigenvalue weighted by Gasteiger charge is -2.23. The zero-order valence-electron chi connectivity index (χ0n) is 21.3. The number of nitrogens with zero attached hydrogens (tertiary/aromatic N) is 3. The second-order valence-corrected chi connectivity index (χ2v) is 11.4. The van der Waals surface area contributed by atoms with E-state index in [9.17, 15) is 9.59 Å². The smallest absolute Gasteiger partial charge is 0.253 e. The monoisotopic (exact) mass is 603 g/mol. The fourth-order valence-corrected chi connectivity index (χ4v) is 5.13. The third-order valence-electron chi connectivity index (χ3n) is 5.65. The van der Waals surface area contributed by atoms with Gasteiger partial charge in [-0.05, 0) is 47.7 Å². The Kier molecular flexibility index (Phi) is 10.4. The molecular formula is C27H31BrClN5O2S. The van der Waals surface area contributed by atoms with Crippen LogP contribution in [0.1, 0.15) is 61.4 Å². The molecule has 0 aliphatic rings. The van der Waals surface area contributed by atoms with Gasteiger partial charge in [-0.1, -0.05) is 85.2 Å². The molecule has 10 heteroatoms. The van der Waals surface area contributed by atoms with Crippen molar-refractivity contribution < 1.29 is 9.59 Å². The number of nitrogens with one attached hydrogen (secondary N) is 2. The quantitative estimate of drug-likeness (QED) is 0.184. The van der Waals surface area contributed by atoms with E-state index in [0.717, 1.165) is 15.7 Å². The summed E-state index contributed by atoms with van der Waals surface area (Å²) in [7, 11) is 0. The molecule has 3 aromatic rings. The van der Waals surface area contributed by atoms with Crippen molar-refractivity contribution in [3.63, 3.8) is 0 Å². The summed E-state index contributed by atoms with van der Waals surface area (Å²) in [5.41, 5.74) is 2.24. The van der Waals surface area contributed by atoms with Gasteiger partial charge in [0.05, 0.1) is 22.4 Å². The number of hydrogen-bond acceptors (Lipinski definition) is 5. The first kappa shape index (κ1) is 28.9. The molecular weight excluding hydrogens is 574 g/mol. The van der Waals surface area contributed by atoms with Crippen LogP contribution in [0.15, 0.2) is 64.7 Å². The van der Waals surface area contributed by atoms with Gasteiger partial charge in [0, 0.05) is 16.7 Å². The summed E-state index contributed by atoms with van der Waals surface area (Å²) in [4.78, 5) is 25.8. The van der Waals surface area contributed by atoms with Gasteiger partial charge in [-0.25, -0.2) is 0 Å². The van der Waals surface area contributed by atoms with Crippen LogP contribution in [0.4, 0.5) is 5.69 Å². The second-order valence-electron chi connectivity index (χ2n) is 9.14. The van der Waals surface area contributed by atoms with Crippen molar-refractivity contribution in [3.05, 3.63) is 81.6 Å². The minimum absolute atomic E-state index is 0.0206. The largest absolute Gasteiger partial charge is 0.342 e. The normalized spacial score (nSPS) is 12.0. The van der Waals surface area contributed by atoms with E-state index in [1.165, 1.54) is 11.8 Å². The first-order valence-electron chi connectivity index (χ1n) is 11.9. The Morgan fingerprint density at radius 2 is 1.89 bits per heavy atom. The zero-order chi connectivity index (χ0) is 27.1. The summed E-state index contributed by atoms with van der Waals surface area (Å²) in [6.07, 6.45) is 1.74. The maximum Gasteiger partial charge on any atom is 0.253 e. The molecule has 1 atom stereocenters. The van der Waals surface area contributed by atoms with Crippen molar-refractivity contribution in [3.8, 4) is 0 Å². The van der Waals surface area contributed by atoms with E-state index in [1.807, 2.05) is 36.6 Å². The lowest BCUT2D eigenvalue weighted by Crippen LogP contribution is -2.34. The van der Waals surface area contributed by atoms with Crippen molar-refractivity contribution in [1.82, 2.24) is 20.1 Å². The van der Waals surface area contributed by atoms with Gasteiger partial charge >= 0.3 is 0 Å². The molecule has 196 valence electrons. The number of carbonyl (C=O) groups is 2. The topological polar surface area (TPSA) is 88.9 Å². The second kappa shape index (κ2) is 13.3. The lowest BCUT2D eigenvalue weighted by atomic mass is 10.0. The summed E-state index contributed by atoms with van der Waals surface area (Å²) in [5.74, 6) is 0.590. The number of amides is 2. The molecule has 0 bridgehead atoms. The highest BCUT2D eigenvalue weighted by Crippen LogP contribution is 2.29. The highest BCUT2D eigenvalue weighted by atomic mass is 79.9. The number of carbonyl (C=O) groups excluding carboxylic acids is 2. The van der Waals surface area contributed by atoms with Crippen LogP contribution >= 0.6 is 39.3 Å². The third-order valence-corrected chi connectivity index (χ3v) is 7.44. The number of anilines is 1. The highest BCUT2D eigenvalue weighted by Gasteiger charge is 2.27. The molecule has 1 aromatic heterocycles. The van der Waals surface area contributed by atoms with Gasteiger partial charge in [0.1, 0.15) is 0 Å². The predicted octanol–water partition coefficient (Wildman–Crippen LogP) is 6.86. The Labute approximate surface area is 235 Å². The summed E-state index contributed by atoms with van der Waals surface area (Å²) in [5, 5.41) is 15.7. The fourth-order valence-electron chi connectivity index (χ4n) is 3.77. The van der Waals surface area contributed by atoms with Gasteiger partial charge in [-0.2, -0.15) is 0 Å². The van der Waals surface area contributed by atoms with Crippen LogP contribution in [0.5, 0.6) is 0 Å². The molecule has 0 aliphatic carbocycles. The van der Waals surface area contributed by atoms with Gasteiger partial charge in [-0.3, -0.25) is 9.59 Å². The number of benzene rings is 2. The number of allylic oxidation sites excluding steroid dienone is 1. The maximum atomic E-state index is 13.0. The molecule has 0 spiro atoms. The van der Waals surface area contributed by atoms with Crippen molar-refractivity contribution in [2.45, 2.75) is 51.4 Å². The standard InChI is InChI=1S/C27H31BrClN5O2S/c1-6-13-34-25(24(17(4)5)31-26(36)19-9-7-8-10-21(19)29)32-33-27(34)37-15-23(35)30-22-12-11-18(28)14-20(22)16(2)3/h6-12,14,16-17,24H,1,13,15H2,2-5H3,(H,30,35)(H,31,36)/t24-/m1/s1. The first-order chi connectivity index (χ1) is 17.6. The molecule has 0 fully saturated rings. The predicted molar refractivity (Wildman–Crippen MR) is 154 cm³/mol. The Balaban J connectivity index is 1.77. The Morgan fingerprint density at radius 3 is 2.54 bits per heavy atom. The van der Waals surface area contributed by atoms with E-state index in [1.54, 1.807) is 30.3 Å². The highest BCUT2D eigenvalue weighted by molar-refractivity contribution is 9.10. The van der Waals surface area contributed by atoms with E-state index in [-0.39, 0.29) is 29.4 Å². The van der Waals surface area contributed by atoms with Crippen molar-refractivity contribution in [1.29, 1.82) is 0 Å². The zero-order valence-corrected chi connectivity index (χ0v) is 24.5. The number of halogens is 2. The number of rotatable bonds is 11. The minimum Gasteiger partial charge on any atom is -0.342 e. The van der Waals surface area contributed by atoms with Crippen molar-refractivity contribution in [2.24, 2.45) is 5.92 Å². The molecule has 7 nitrogen and oxygen atoms in total. The van der Waals surface area contributed by atoms with Gasteiger partial charge in [-0.15, -0.1) is 16.8 Å². The number of thioether (sulfide) groups is 1. The number of aromatic nitrogens is 3. The van der Waals surface area contributed by atoms with Crippen LogP contribution in [0, 0.1) is 5.92 Å². The van der Waals surface area contributed by atoms with E-state index >= 15 is 0 Å². The fraction of sp³-hybridized carbons (Fsp3) is 0.333. The van der Waals surface area contributed by atoms with E-state index in [2.05, 4.69) is 57.2 Å². The Morgan fingerprint density at radius 1 is 1.16 bits per heavy atom. The van der Waals surface area contributed by atoms with Crippen LogP contribution in [0.3, 0.4) is 0 Å². The first-order valence-corrected chi connectivity index (χ1v) is 14.1. The van der Waals surface area contributed by atoms with E-state index < -0.39 is 6.04 Å². The molecule has 0 unspecified atom stereocenters. The van der Waals surface area contributed by atoms with Crippen LogP contribution in [0.2, 0.25) is 5.02 Å². The summed E-state index contributed by atoms with van der Waals surface area (Å²) in [6.45, 7) is 12.4. The summed E-state index contributed by atoms with van der Waals surface area (Å²) < 4.78 is 2.84. The molecule has 2 aromatic carbocycles. The van der Waals surface area contributed by atoms with Crippen LogP contribution < -0.4 is 10.6 Å². The van der Waals surface area contributed by atoms with Gasteiger partial charge in [0.15, 0.2) is 11.0 Å². The molecule has 37 heavy (non-hydrogen) atoms. The molecule has 1 heterocycles. The third kappa shape index (κ3) is 7.46. The molecule has 2 amide bonds. The van der Waals surface area contributed by atoms with Gasteiger partial charge in [0.25, 0.3) is 5.91 Å². The van der Waals surface area contributed by atoms with Crippen LogP contribution in [-0.2, 0) is 11.3 Å². The number of hydrogen-bond donors (Lipinski definition) is 2. The van der Waals surface area contributed by atoms with E-state index in [0.29, 0.717) is 28.1 Å². The lowest BCUT2D eigenvalue weighted by molar-refractivity contribution is -0.113. The average molecular weight is 605 g/mol.